The monoisotopic (exact) mass is 660 g/mol. The molecule has 52 heavy (non-hydrogen) atoms. The van der Waals surface area contributed by atoms with Crippen molar-refractivity contribution in [2.75, 3.05) is 0 Å². The van der Waals surface area contributed by atoms with Gasteiger partial charge in [0.1, 0.15) is 0 Å². The second kappa shape index (κ2) is 10.8. The molecule has 0 nitrogen and oxygen atoms in total. The van der Waals surface area contributed by atoms with Gasteiger partial charge in [-0.15, -0.1) is 0 Å². The number of fused-ring (bicyclic) bond motifs is 8. The lowest BCUT2D eigenvalue weighted by Gasteiger charge is -2.44. The Morgan fingerprint density at radius 2 is 1.02 bits per heavy atom. The van der Waals surface area contributed by atoms with Crippen LogP contribution in [0, 0.1) is 23.7 Å². The van der Waals surface area contributed by atoms with Crippen LogP contribution in [-0.4, -0.2) is 0 Å². The Labute approximate surface area is 304 Å². The molecule has 244 valence electrons. The van der Waals surface area contributed by atoms with E-state index in [-0.39, 0.29) is 11.8 Å². The molecule has 0 saturated heterocycles. The fraction of sp³-hybridized carbons (Fsp3) is 0.115. The van der Waals surface area contributed by atoms with Crippen molar-refractivity contribution in [2.45, 2.75) is 12.8 Å². The average molecular weight is 661 g/mol. The minimum absolute atomic E-state index is 0.263. The van der Waals surface area contributed by atoms with Gasteiger partial charge in [-0.2, -0.15) is 0 Å². The van der Waals surface area contributed by atoms with E-state index in [1.54, 1.807) is 5.57 Å². The Morgan fingerprint density at radius 3 is 1.65 bits per heavy atom. The van der Waals surface area contributed by atoms with E-state index in [0.717, 1.165) is 12.8 Å². The lowest BCUT2D eigenvalue weighted by atomic mass is 9.58. The predicted molar refractivity (Wildman–Crippen MR) is 218 cm³/mol. The number of benzene rings is 5. The second-order valence-corrected chi connectivity index (χ2v) is 15.3. The van der Waals surface area contributed by atoms with Gasteiger partial charge in [-0.05, 0) is 112 Å². The number of hydrogen-bond acceptors (Lipinski definition) is 0. The number of hydrogen-bond donors (Lipinski definition) is 0. The summed E-state index contributed by atoms with van der Waals surface area (Å²) in [7, 11) is 0. The maximum atomic E-state index is 2.54. The van der Waals surface area contributed by atoms with Gasteiger partial charge < -0.3 is 0 Å². The zero-order chi connectivity index (χ0) is 33.9. The average Bonchev–Trinajstić information content (AvgIpc) is 3.55. The van der Waals surface area contributed by atoms with Crippen molar-refractivity contribution in [3.63, 3.8) is 0 Å². The summed E-state index contributed by atoms with van der Waals surface area (Å²) in [5.74, 6) is 1.21. The minimum atomic E-state index is 0.263. The summed E-state index contributed by atoms with van der Waals surface area (Å²) in [6.45, 7) is 0. The van der Waals surface area contributed by atoms with Gasteiger partial charge in [0.2, 0.25) is 0 Å². The van der Waals surface area contributed by atoms with Gasteiger partial charge >= 0.3 is 0 Å². The molecule has 0 N–H and O–H groups in total. The van der Waals surface area contributed by atoms with E-state index in [2.05, 4.69) is 170 Å². The Hall–Kier alpha value is -5.98. The van der Waals surface area contributed by atoms with Crippen LogP contribution in [0.1, 0.15) is 29.5 Å². The van der Waals surface area contributed by atoms with Crippen LogP contribution in [0.25, 0.3) is 60.9 Å². The highest BCUT2D eigenvalue weighted by Crippen LogP contribution is 2.64. The number of rotatable bonds is 3. The molecule has 0 bridgehead atoms. The summed E-state index contributed by atoms with van der Waals surface area (Å²) in [5, 5.41) is 5.57. The van der Waals surface area contributed by atoms with Crippen LogP contribution < -0.4 is 10.4 Å². The third-order valence-corrected chi connectivity index (χ3v) is 12.9. The summed E-state index contributed by atoms with van der Waals surface area (Å²) in [6.07, 6.45) is 28.9. The van der Waals surface area contributed by atoms with E-state index in [1.165, 1.54) is 93.6 Å². The zero-order valence-corrected chi connectivity index (χ0v) is 28.9. The Kier molecular flexibility index (Phi) is 5.94. The molecule has 0 saturated carbocycles. The van der Waals surface area contributed by atoms with Gasteiger partial charge in [-0.3, -0.25) is 0 Å². The van der Waals surface area contributed by atoms with Gasteiger partial charge in [0.15, 0.2) is 0 Å². The minimum Gasteiger partial charge on any atom is -0.0842 e. The Bertz CT molecular complexity index is 2820. The van der Waals surface area contributed by atoms with Crippen molar-refractivity contribution in [2.24, 2.45) is 23.7 Å². The summed E-state index contributed by atoms with van der Waals surface area (Å²) >= 11 is 0. The molecule has 0 spiro atoms. The summed E-state index contributed by atoms with van der Waals surface area (Å²) in [6, 6.07) is 38.6. The second-order valence-electron chi connectivity index (χ2n) is 15.3. The molecule has 0 aliphatic heterocycles. The molecule has 4 unspecified atom stereocenters. The highest BCUT2D eigenvalue weighted by molar-refractivity contribution is 6.19. The van der Waals surface area contributed by atoms with Gasteiger partial charge in [0.05, 0.1) is 0 Å². The molecule has 0 fully saturated rings. The van der Waals surface area contributed by atoms with Crippen LogP contribution >= 0.6 is 0 Å². The summed E-state index contributed by atoms with van der Waals surface area (Å²) in [4.78, 5) is 0. The van der Waals surface area contributed by atoms with E-state index in [4.69, 9.17) is 0 Å². The summed E-state index contributed by atoms with van der Waals surface area (Å²) in [5.41, 5.74) is 20.1. The van der Waals surface area contributed by atoms with Gasteiger partial charge in [0.25, 0.3) is 0 Å². The first-order valence-corrected chi connectivity index (χ1v) is 19.0. The standard InChI is InChI=1S/C52H36/c1-4-15-31(16-5-1)44-34-21-10-13-24-37(34)48-41-29-30-43-50-42(28-27-39(49(41)50)38-25-14-26-40(44)47(38)48)51-45(32-17-6-2-7-18-32)35-22-11-12-23-36(35)46(52(43)51)33-19-8-3-9-20-33/h1-4,6-15,17-30,34,37,49-50H,5,16H2. The third kappa shape index (κ3) is 3.72. The molecule has 7 aliphatic carbocycles. The van der Waals surface area contributed by atoms with Gasteiger partial charge in [-0.25, -0.2) is 0 Å². The predicted octanol–water partition coefficient (Wildman–Crippen LogP) is 11.2. The van der Waals surface area contributed by atoms with Crippen molar-refractivity contribution < 1.29 is 0 Å². The van der Waals surface area contributed by atoms with E-state index in [0.29, 0.717) is 11.8 Å². The van der Waals surface area contributed by atoms with Crippen molar-refractivity contribution >= 4 is 38.6 Å². The van der Waals surface area contributed by atoms with Gasteiger partial charge in [-0.1, -0.05) is 170 Å². The molecule has 5 aromatic rings. The summed E-state index contributed by atoms with van der Waals surface area (Å²) < 4.78 is 0. The van der Waals surface area contributed by atoms with Gasteiger partial charge in [0, 0.05) is 23.7 Å². The highest BCUT2D eigenvalue weighted by atomic mass is 14.5. The van der Waals surface area contributed by atoms with E-state index in [1.807, 2.05) is 0 Å². The van der Waals surface area contributed by atoms with Crippen LogP contribution in [-0.2, 0) is 0 Å². The lowest BCUT2D eigenvalue weighted by Crippen LogP contribution is -2.47. The largest absolute Gasteiger partial charge is 0.0842 e. The van der Waals surface area contributed by atoms with E-state index >= 15 is 0 Å². The first-order chi connectivity index (χ1) is 25.9. The molecule has 0 amide bonds. The van der Waals surface area contributed by atoms with Crippen LogP contribution in [0.2, 0.25) is 0 Å². The van der Waals surface area contributed by atoms with Crippen LogP contribution in [0.3, 0.4) is 0 Å². The SMILES string of the molecule is C1=CCCC(C2=c3cccc4c3=C(C3=CC=C5c6c(c(-c7ccccc7)c7ccccc7c6-c6ccccc6)C6=CC=C4C3C56)C3C=CC=CC23)=C1. The molecule has 0 heterocycles. The molecule has 0 radical (unpaired) electrons. The van der Waals surface area contributed by atoms with E-state index < -0.39 is 0 Å². The maximum absolute atomic E-state index is 2.54. The molecule has 7 aliphatic rings. The number of allylic oxidation sites excluding steroid dienone is 16. The fourth-order valence-corrected chi connectivity index (χ4v) is 11.0. The molecule has 0 aromatic heterocycles. The van der Waals surface area contributed by atoms with Crippen LogP contribution in [0.15, 0.2) is 181 Å². The lowest BCUT2D eigenvalue weighted by molar-refractivity contribution is 0.633. The normalized spacial score (nSPS) is 23.9. The highest BCUT2D eigenvalue weighted by Gasteiger charge is 2.50. The molecule has 5 aromatic carbocycles. The first-order valence-electron chi connectivity index (χ1n) is 19.0. The molecular formula is C52H36. The first kappa shape index (κ1) is 28.7. The van der Waals surface area contributed by atoms with Crippen molar-refractivity contribution in [3.05, 3.63) is 208 Å². The van der Waals surface area contributed by atoms with Crippen LogP contribution in [0.4, 0.5) is 0 Å². The quantitative estimate of drug-likeness (QED) is 0.181. The zero-order valence-electron chi connectivity index (χ0n) is 28.9. The van der Waals surface area contributed by atoms with Crippen molar-refractivity contribution in [1.82, 2.24) is 0 Å². The Balaban J connectivity index is 1.21. The molecule has 4 atom stereocenters. The fourth-order valence-electron chi connectivity index (χ4n) is 11.0. The van der Waals surface area contributed by atoms with Crippen molar-refractivity contribution in [3.8, 4) is 22.3 Å². The smallest absolute Gasteiger partial charge is 0.0212 e. The Morgan fingerprint density at radius 1 is 0.442 bits per heavy atom. The molecule has 0 heteroatoms. The third-order valence-electron chi connectivity index (χ3n) is 12.9. The molecular weight excluding hydrogens is 625 g/mol. The molecule has 12 rings (SSSR count). The topological polar surface area (TPSA) is 0 Å². The van der Waals surface area contributed by atoms with Crippen LogP contribution in [0.5, 0.6) is 0 Å². The maximum Gasteiger partial charge on any atom is 0.0212 e. The van der Waals surface area contributed by atoms with E-state index in [9.17, 15) is 0 Å². The van der Waals surface area contributed by atoms with Crippen molar-refractivity contribution in [1.29, 1.82) is 0 Å².